The molecule has 0 fully saturated rings. The van der Waals surface area contributed by atoms with Gasteiger partial charge in [0, 0.05) is 10.1 Å². The molecule has 0 aliphatic rings. The predicted octanol–water partition coefficient (Wildman–Crippen LogP) is 4.46. The van der Waals surface area contributed by atoms with Crippen molar-refractivity contribution in [2.24, 2.45) is 0 Å². The summed E-state index contributed by atoms with van der Waals surface area (Å²) in [6.07, 6.45) is 1.90. The molecule has 0 saturated carbocycles. The van der Waals surface area contributed by atoms with E-state index in [1.165, 1.54) is 16.0 Å². The number of benzene rings is 1. The van der Waals surface area contributed by atoms with E-state index in [1.54, 1.807) is 0 Å². The topological polar surface area (TPSA) is 35.8 Å². The molecular formula is C17H26N2S. The third kappa shape index (κ3) is 5.19. The highest BCUT2D eigenvalue weighted by Crippen LogP contribution is 2.31. The quantitative estimate of drug-likeness (QED) is 0.753. The average Bonchev–Trinajstić information content (AvgIpc) is 2.40. The summed E-state index contributed by atoms with van der Waals surface area (Å²) in [6.45, 7) is 11.5. The molecule has 0 radical (unpaired) electrons. The first-order valence-corrected chi connectivity index (χ1v) is 8.18. The molecule has 0 heterocycles. The molecule has 110 valence electrons. The van der Waals surface area contributed by atoms with Crippen LogP contribution in [-0.4, -0.2) is 17.3 Å². The van der Waals surface area contributed by atoms with Gasteiger partial charge in [0.2, 0.25) is 0 Å². The van der Waals surface area contributed by atoms with Crippen LogP contribution in [0.15, 0.2) is 23.1 Å². The van der Waals surface area contributed by atoms with Gasteiger partial charge in [-0.05, 0) is 51.8 Å². The van der Waals surface area contributed by atoms with Crippen molar-refractivity contribution in [2.45, 2.75) is 63.1 Å². The first kappa shape index (κ1) is 17.1. The zero-order valence-corrected chi connectivity index (χ0v) is 14.1. The van der Waals surface area contributed by atoms with E-state index in [9.17, 15) is 5.26 Å². The van der Waals surface area contributed by atoms with Gasteiger partial charge in [-0.15, -0.1) is 11.8 Å². The van der Waals surface area contributed by atoms with E-state index < -0.39 is 5.54 Å². The largest absolute Gasteiger partial charge is 0.300 e. The van der Waals surface area contributed by atoms with Crippen LogP contribution in [-0.2, 0) is 0 Å². The fraction of sp³-hybridized carbons (Fsp3) is 0.588. The predicted molar refractivity (Wildman–Crippen MR) is 88.2 cm³/mol. The highest BCUT2D eigenvalue weighted by atomic mass is 32.2. The van der Waals surface area contributed by atoms with Crippen LogP contribution >= 0.6 is 11.8 Å². The highest BCUT2D eigenvalue weighted by molar-refractivity contribution is 8.00. The molecule has 2 unspecified atom stereocenters. The standard InChI is InChI=1S/C17H26N2S/c1-6-9-19-17(5,12-18)11-15(4)20-16-8-7-13(2)10-14(16)3/h7-8,10,15,19H,6,9,11H2,1-5H3. The summed E-state index contributed by atoms with van der Waals surface area (Å²) in [6, 6.07) is 8.99. The van der Waals surface area contributed by atoms with Gasteiger partial charge in [0.1, 0.15) is 5.54 Å². The second kappa shape index (κ2) is 7.71. The van der Waals surface area contributed by atoms with Crippen molar-refractivity contribution in [2.75, 3.05) is 6.54 Å². The second-order valence-corrected chi connectivity index (χ2v) is 7.25. The van der Waals surface area contributed by atoms with Crippen LogP contribution in [0.2, 0.25) is 0 Å². The SMILES string of the molecule is CCCNC(C)(C#N)CC(C)Sc1ccc(C)cc1C. The Morgan fingerprint density at radius 1 is 1.40 bits per heavy atom. The minimum atomic E-state index is -0.430. The van der Waals surface area contributed by atoms with Gasteiger partial charge in [-0.2, -0.15) is 5.26 Å². The monoisotopic (exact) mass is 290 g/mol. The molecule has 0 aliphatic carbocycles. The lowest BCUT2D eigenvalue weighted by Gasteiger charge is -2.26. The van der Waals surface area contributed by atoms with Crippen molar-refractivity contribution in [1.82, 2.24) is 5.32 Å². The number of nitriles is 1. The summed E-state index contributed by atoms with van der Waals surface area (Å²) in [5, 5.41) is 13.2. The molecular weight excluding hydrogens is 264 g/mol. The highest BCUT2D eigenvalue weighted by Gasteiger charge is 2.26. The summed E-state index contributed by atoms with van der Waals surface area (Å²) in [5.41, 5.74) is 2.19. The van der Waals surface area contributed by atoms with Gasteiger partial charge in [-0.3, -0.25) is 5.32 Å². The lowest BCUT2D eigenvalue weighted by Crippen LogP contribution is -2.43. The minimum Gasteiger partial charge on any atom is -0.300 e. The third-order valence-electron chi connectivity index (χ3n) is 3.37. The maximum Gasteiger partial charge on any atom is 0.104 e. The Labute approximate surface area is 128 Å². The molecule has 0 amide bonds. The van der Waals surface area contributed by atoms with E-state index in [1.807, 2.05) is 18.7 Å². The van der Waals surface area contributed by atoms with Crippen LogP contribution in [0.4, 0.5) is 0 Å². The van der Waals surface area contributed by atoms with Crippen molar-refractivity contribution in [1.29, 1.82) is 5.26 Å². The Hall–Kier alpha value is -0.980. The molecule has 2 nitrogen and oxygen atoms in total. The minimum absolute atomic E-state index is 0.408. The molecule has 0 bridgehead atoms. The lowest BCUT2D eigenvalue weighted by atomic mass is 9.98. The van der Waals surface area contributed by atoms with Gasteiger partial charge in [0.25, 0.3) is 0 Å². The second-order valence-electron chi connectivity index (χ2n) is 5.77. The van der Waals surface area contributed by atoms with Crippen LogP contribution in [0.25, 0.3) is 0 Å². The van der Waals surface area contributed by atoms with E-state index in [0.717, 1.165) is 19.4 Å². The molecule has 0 aliphatic heterocycles. The Balaban J connectivity index is 2.66. The van der Waals surface area contributed by atoms with E-state index in [0.29, 0.717) is 5.25 Å². The van der Waals surface area contributed by atoms with E-state index in [4.69, 9.17) is 0 Å². The van der Waals surface area contributed by atoms with Crippen LogP contribution in [0.1, 0.15) is 44.7 Å². The lowest BCUT2D eigenvalue weighted by molar-refractivity contribution is 0.418. The third-order valence-corrected chi connectivity index (χ3v) is 4.65. The molecule has 0 saturated heterocycles. The fourth-order valence-electron chi connectivity index (χ4n) is 2.32. The smallest absolute Gasteiger partial charge is 0.104 e. The zero-order chi connectivity index (χ0) is 15.2. The molecule has 0 spiro atoms. The van der Waals surface area contributed by atoms with E-state index in [2.05, 4.69) is 57.3 Å². The summed E-state index contributed by atoms with van der Waals surface area (Å²) in [5.74, 6) is 0. The van der Waals surface area contributed by atoms with Gasteiger partial charge in [0.05, 0.1) is 6.07 Å². The van der Waals surface area contributed by atoms with Crippen LogP contribution in [0.3, 0.4) is 0 Å². The van der Waals surface area contributed by atoms with Crippen molar-refractivity contribution >= 4 is 11.8 Å². The molecule has 3 heteroatoms. The maximum absolute atomic E-state index is 9.40. The van der Waals surface area contributed by atoms with Gasteiger partial charge in [-0.1, -0.05) is 31.5 Å². The number of aryl methyl sites for hydroxylation is 2. The van der Waals surface area contributed by atoms with Crippen LogP contribution in [0.5, 0.6) is 0 Å². The number of rotatable bonds is 7. The molecule has 0 aromatic heterocycles. The van der Waals surface area contributed by atoms with E-state index >= 15 is 0 Å². The van der Waals surface area contributed by atoms with Crippen LogP contribution in [0, 0.1) is 25.2 Å². The maximum atomic E-state index is 9.40. The molecule has 1 aromatic carbocycles. The summed E-state index contributed by atoms with van der Waals surface area (Å²) >= 11 is 1.86. The number of nitrogens with zero attached hydrogens (tertiary/aromatic N) is 1. The van der Waals surface area contributed by atoms with Crippen molar-refractivity contribution < 1.29 is 0 Å². The fourth-order valence-corrected chi connectivity index (χ4v) is 3.56. The van der Waals surface area contributed by atoms with Gasteiger partial charge in [-0.25, -0.2) is 0 Å². The first-order chi connectivity index (χ1) is 9.40. The normalized spacial score (nSPS) is 15.4. The Kier molecular flexibility index (Phi) is 6.58. The Morgan fingerprint density at radius 3 is 2.65 bits per heavy atom. The number of nitrogens with one attached hydrogen (secondary N) is 1. The Morgan fingerprint density at radius 2 is 2.10 bits per heavy atom. The van der Waals surface area contributed by atoms with Gasteiger partial charge in [0.15, 0.2) is 0 Å². The van der Waals surface area contributed by atoms with Crippen LogP contribution < -0.4 is 5.32 Å². The van der Waals surface area contributed by atoms with Crippen molar-refractivity contribution in [3.63, 3.8) is 0 Å². The molecule has 1 N–H and O–H groups in total. The number of thioether (sulfide) groups is 1. The number of hydrogen-bond acceptors (Lipinski definition) is 3. The first-order valence-electron chi connectivity index (χ1n) is 7.30. The zero-order valence-electron chi connectivity index (χ0n) is 13.3. The van der Waals surface area contributed by atoms with Gasteiger partial charge < -0.3 is 0 Å². The van der Waals surface area contributed by atoms with Crippen molar-refractivity contribution in [3.8, 4) is 6.07 Å². The summed E-state index contributed by atoms with van der Waals surface area (Å²) in [4.78, 5) is 1.32. The molecule has 1 aromatic rings. The summed E-state index contributed by atoms with van der Waals surface area (Å²) < 4.78 is 0. The Bertz CT molecular complexity index is 478. The molecule has 1 rings (SSSR count). The molecule has 2 atom stereocenters. The average molecular weight is 290 g/mol. The van der Waals surface area contributed by atoms with Crippen molar-refractivity contribution in [3.05, 3.63) is 29.3 Å². The van der Waals surface area contributed by atoms with Gasteiger partial charge >= 0.3 is 0 Å². The molecule has 20 heavy (non-hydrogen) atoms. The number of hydrogen-bond donors (Lipinski definition) is 1. The summed E-state index contributed by atoms with van der Waals surface area (Å²) in [7, 11) is 0. The van der Waals surface area contributed by atoms with E-state index in [-0.39, 0.29) is 0 Å².